The maximum atomic E-state index is 12.0. The zero-order chi connectivity index (χ0) is 13.7. The predicted molar refractivity (Wildman–Crippen MR) is 60.5 cm³/mol. The molecule has 0 aliphatic rings. The van der Waals surface area contributed by atoms with Crippen molar-refractivity contribution in [2.24, 2.45) is 0 Å². The summed E-state index contributed by atoms with van der Waals surface area (Å²) in [4.78, 5) is 10.1. The van der Waals surface area contributed by atoms with E-state index in [2.05, 4.69) is 0 Å². The normalized spacial score (nSPS) is 13.8. The van der Waals surface area contributed by atoms with Gasteiger partial charge in [-0.15, -0.1) is 0 Å². The Kier molecular flexibility index (Phi) is 6.68. The molecule has 0 fully saturated rings. The third-order valence-electron chi connectivity index (χ3n) is 1.79. The van der Waals surface area contributed by atoms with Crippen molar-refractivity contribution >= 4 is 8.80 Å². The zero-order valence-electron chi connectivity index (χ0n) is 10.7. The fourth-order valence-corrected chi connectivity index (χ4v) is 3.78. The molecule has 0 saturated carbocycles. The molecule has 0 saturated heterocycles. The summed E-state index contributed by atoms with van der Waals surface area (Å²) in [5, 5.41) is 0. The minimum atomic E-state index is -4.20. The molecule has 0 aromatic heterocycles. The van der Waals surface area contributed by atoms with Crippen LogP contribution in [0.4, 0.5) is 13.2 Å². The molecule has 1 N–H and O–H groups in total. The average Bonchev–Trinajstić information content (AvgIpc) is 1.95. The molecule has 17 heavy (non-hydrogen) atoms. The Bertz CT molecular complexity index is 209. The molecule has 0 atom stereocenters. The summed E-state index contributed by atoms with van der Waals surface area (Å²) in [6.45, 7) is 6.85. The van der Waals surface area contributed by atoms with Crippen molar-refractivity contribution in [2.75, 3.05) is 0 Å². The molecule has 0 heterocycles. The molecule has 0 aromatic rings. The highest BCUT2D eigenvalue weighted by atomic mass is 28.4. The van der Waals surface area contributed by atoms with E-state index in [-0.39, 0.29) is 24.7 Å². The van der Waals surface area contributed by atoms with Crippen LogP contribution in [0.5, 0.6) is 0 Å². The van der Waals surface area contributed by atoms with Gasteiger partial charge in [-0.25, -0.2) is 0 Å². The van der Waals surface area contributed by atoms with Crippen molar-refractivity contribution in [3.8, 4) is 0 Å². The molecule has 0 aromatic carbocycles. The quantitative estimate of drug-likeness (QED) is 0.725. The first-order valence-corrected chi connectivity index (χ1v) is 7.66. The average molecular weight is 274 g/mol. The number of rotatable bonds is 7. The lowest BCUT2D eigenvalue weighted by Crippen LogP contribution is -2.46. The number of hydrogen-bond acceptors (Lipinski definition) is 3. The molecule has 104 valence electrons. The maximum absolute atomic E-state index is 12.0. The molecule has 0 bridgehead atoms. The highest BCUT2D eigenvalue weighted by Crippen LogP contribution is 2.26. The Morgan fingerprint density at radius 1 is 1.06 bits per heavy atom. The fraction of sp³-hybridized carbons (Fsp3) is 1.00. The molecule has 0 spiro atoms. The van der Waals surface area contributed by atoms with Gasteiger partial charge in [-0.3, -0.25) is 0 Å². The second-order valence-corrected chi connectivity index (χ2v) is 6.91. The van der Waals surface area contributed by atoms with Crippen molar-refractivity contribution in [1.82, 2.24) is 0 Å². The largest absolute Gasteiger partial charge is 0.498 e. The minimum Gasteiger partial charge on any atom is -0.390 e. The van der Waals surface area contributed by atoms with Crippen LogP contribution >= 0.6 is 0 Å². The van der Waals surface area contributed by atoms with Gasteiger partial charge in [0.1, 0.15) is 0 Å². The van der Waals surface area contributed by atoms with Gasteiger partial charge >= 0.3 is 15.0 Å². The minimum absolute atomic E-state index is 0.0666. The molecule has 0 aliphatic carbocycles. The van der Waals surface area contributed by atoms with Gasteiger partial charge in [0.25, 0.3) is 0 Å². The predicted octanol–water partition coefficient (Wildman–Crippen LogP) is 3.11. The lowest BCUT2D eigenvalue weighted by molar-refractivity contribution is -0.135. The third kappa shape index (κ3) is 9.58. The Labute approximate surface area is 101 Å². The van der Waals surface area contributed by atoms with E-state index in [4.69, 9.17) is 8.85 Å². The van der Waals surface area contributed by atoms with E-state index in [1.165, 1.54) is 0 Å². The van der Waals surface area contributed by atoms with Crippen LogP contribution in [-0.4, -0.2) is 32.0 Å². The molecule has 0 amide bonds. The lowest BCUT2D eigenvalue weighted by Gasteiger charge is -2.28. The van der Waals surface area contributed by atoms with Crippen molar-refractivity contribution in [1.29, 1.82) is 0 Å². The van der Waals surface area contributed by atoms with Gasteiger partial charge in [-0.1, -0.05) is 0 Å². The van der Waals surface area contributed by atoms with Crippen LogP contribution in [0.25, 0.3) is 0 Å². The summed E-state index contributed by atoms with van der Waals surface area (Å²) in [6.07, 6.45) is -5.84. The second-order valence-electron chi connectivity index (χ2n) is 4.51. The third-order valence-corrected chi connectivity index (χ3v) is 4.46. The van der Waals surface area contributed by atoms with Gasteiger partial charge in [-0.05, 0) is 34.1 Å². The summed E-state index contributed by atoms with van der Waals surface area (Å²) in [5.41, 5.74) is 0. The van der Waals surface area contributed by atoms with Crippen molar-refractivity contribution in [2.45, 2.75) is 65.0 Å². The van der Waals surface area contributed by atoms with Crippen LogP contribution in [0.3, 0.4) is 0 Å². The van der Waals surface area contributed by atoms with E-state index in [1.807, 2.05) is 0 Å². The first kappa shape index (κ1) is 16.9. The Morgan fingerprint density at radius 3 is 1.76 bits per heavy atom. The van der Waals surface area contributed by atoms with E-state index in [1.54, 1.807) is 27.7 Å². The lowest BCUT2D eigenvalue weighted by atomic mass is 10.3. The first-order valence-electron chi connectivity index (χ1n) is 5.69. The zero-order valence-corrected chi connectivity index (χ0v) is 11.7. The van der Waals surface area contributed by atoms with Crippen LogP contribution in [0.2, 0.25) is 6.04 Å². The van der Waals surface area contributed by atoms with Crippen LogP contribution in [0.1, 0.15) is 40.5 Å². The fourth-order valence-electron chi connectivity index (χ4n) is 1.39. The highest BCUT2D eigenvalue weighted by molar-refractivity contribution is 6.59. The Hall–Kier alpha value is -0.113. The van der Waals surface area contributed by atoms with Gasteiger partial charge in [0.05, 0.1) is 0 Å². The van der Waals surface area contributed by atoms with E-state index in [0.29, 0.717) is 0 Å². The maximum Gasteiger partial charge on any atom is 0.498 e. The highest BCUT2D eigenvalue weighted by Gasteiger charge is 2.40. The number of hydrogen-bond donors (Lipinski definition) is 1. The van der Waals surface area contributed by atoms with Crippen LogP contribution in [0.15, 0.2) is 0 Å². The van der Waals surface area contributed by atoms with Gasteiger partial charge < -0.3 is 13.6 Å². The molecular formula is C10H21F3O3Si. The van der Waals surface area contributed by atoms with E-state index in [9.17, 15) is 18.0 Å². The number of halogens is 3. The Morgan fingerprint density at radius 2 is 1.47 bits per heavy atom. The van der Waals surface area contributed by atoms with Gasteiger partial charge in [0.15, 0.2) is 0 Å². The van der Waals surface area contributed by atoms with Crippen molar-refractivity contribution in [3.05, 3.63) is 0 Å². The number of alkyl halides is 3. The molecule has 7 heteroatoms. The van der Waals surface area contributed by atoms with Gasteiger partial charge in [-0.2, -0.15) is 13.2 Å². The van der Waals surface area contributed by atoms with Gasteiger partial charge in [0.2, 0.25) is 0 Å². The van der Waals surface area contributed by atoms with Crippen molar-refractivity contribution < 1.29 is 26.8 Å². The molecule has 0 unspecified atom stereocenters. The summed E-state index contributed by atoms with van der Waals surface area (Å²) in [7, 11) is -3.48. The van der Waals surface area contributed by atoms with E-state index < -0.39 is 21.4 Å². The molecule has 0 rings (SSSR count). The summed E-state index contributed by atoms with van der Waals surface area (Å²) >= 11 is 0. The summed E-state index contributed by atoms with van der Waals surface area (Å²) < 4.78 is 46.6. The van der Waals surface area contributed by atoms with E-state index in [0.717, 1.165) is 0 Å². The van der Waals surface area contributed by atoms with Gasteiger partial charge in [0, 0.05) is 24.7 Å². The molecule has 3 nitrogen and oxygen atoms in total. The monoisotopic (exact) mass is 274 g/mol. The van der Waals surface area contributed by atoms with Crippen LogP contribution < -0.4 is 0 Å². The molecular weight excluding hydrogens is 253 g/mol. The van der Waals surface area contributed by atoms with E-state index >= 15 is 0 Å². The SMILES string of the molecule is CC(C)O[Si](O)(CCCC(F)(F)F)OC(C)C. The Balaban J connectivity index is 4.28. The van der Waals surface area contributed by atoms with Crippen LogP contribution in [0, 0.1) is 0 Å². The van der Waals surface area contributed by atoms with Crippen LogP contribution in [-0.2, 0) is 8.85 Å². The second kappa shape index (κ2) is 6.72. The first-order chi connectivity index (χ1) is 7.54. The smallest absolute Gasteiger partial charge is 0.390 e. The summed E-state index contributed by atoms with van der Waals surface area (Å²) in [5.74, 6) is 0. The topological polar surface area (TPSA) is 38.7 Å². The van der Waals surface area contributed by atoms with Crippen molar-refractivity contribution in [3.63, 3.8) is 0 Å². The summed E-state index contributed by atoms with van der Waals surface area (Å²) in [6, 6.07) is -0.0666. The molecule has 0 aliphatic heterocycles. The molecule has 0 radical (unpaired) electrons. The standard InChI is InChI=1S/C10H21F3O3Si/c1-8(2)15-17(14,16-9(3)4)7-5-6-10(11,12)13/h8-9,14H,5-7H2,1-4H3.